The number of hydrogen-bond acceptors (Lipinski definition) is 8. The number of hydrogen-bond donors (Lipinski definition) is 4. The zero-order valence-electron chi connectivity index (χ0n) is 22.8. The number of likely N-dealkylation sites (tertiary alicyclic amines) is 1. The van der Waals surface area contributed by atoms with Crippen LogP contribution in [0, 0.1) is 17.2 Å². The third-order valence-electron chi connectivity index (χ3n) is 6.67. The van der Waals surface area contributed by atoms with Crippen molar-refractivity contribution in [1.82, 2.24) is 15.5 Å². The van der Waals surface area contributed by atoms with Crippen LogP contribution < -0.4 is 10.6 Å². The summed E-state index contributed by atoms with van der Waals surface area (Å²) in [4.78, 5) is 27.4. The van der Waals surface area contributed by atoms with Crippen LogP contribution in [0.5, 0.6) is 0 Å². The molecule has 1 fully saturated rings. The van der Waals surface area contributed by atoms with Crippen LogP contribution in [0.1, 0.15) is 32.3 Å². The number of fused-ring (bicyclic) bond motifs is 1. The van der Waals surface area contributed by atoms with E-state index in [0.29, 0.717) is 35.9 Å². The third-order valence-corrected chi connectivity index (χ3v) is 6.67. The van der Waals surface area contributed by atoms with E-state index in [-0.39, 0.29) is 24.5 Å². The maximum atomic E-state index is 13.9. The van der Waals surface area contributed by atoms with E-state index in [9.17, 15) is 38.1 Å². The minimum atomic E-state index is -3.43. The molecular formula is C27H34BF3N4O6. The molecule has 10 nitrogen and oxygen atoms in total. The van der Waals surface area contributed by atoms with E-state index >= 15 is 0 Å². The van der Waals surface area contributed by atoms with Gasteiger partial charge < -0.3 is 29.4 Å². The van der Waals surface area contributed by atoms with Crippen molar-refractivity contribution >= 4 is 29.9 Å². The normalized spacial score (nSPS) is 18.0. The molecule has 3 unspecified atom stereocenters. The number of carbonyl (C=O) groups excluding carboxylic acids is 2. The fourth-order valence-corrected chi connectivity index (χ4v) is 4.65. The van der Waals surface area contributed by atoms with Crippen molar-refractivity contribution < 1.29 is 42.0 Å². The Bertz CT molecular complexity index is 1250. The van der Waals surface area contributed by atoms with E-state index in [1.165, 1.54) is 11.2 Å². The second kappa shape index (κ2) is 15.0. The summed E-state index contributed by atoms with van der Waals surface area (Å²) in [7, 11) is -2.03. The van der Waals surface area contributed by atoms with Crippen molar-refractivity contribution in [2.45, 2.75) is 63.9 Å². The van der Waals surface area contributed by atoms with Gasteiger partial charge in [0.15, 0.2) is 0 Å². The second-order valence-corrected chi connectivity index (χ2v) is 10.2. The number of nitrogens with one attached hydrogen (secondary N) is 2. The minimum absolute atomic E-state index is 0.00188. The highest BCUT2D eigenvalue weighted by Crippen LogP contribution is 2.23. The fourth-order valence-electron chi connectivity index (χ4n) is 4.65. The Balaban J connectivity index is 1.67. The van der Waals surface area contributed by atoms with Gasteiger partial charge in [-0.2, -0.15) is 5.26 Å². The SMILES string of the molecule is CC(C)C=C(C#N)C(=O)N1CCCC1COCC(NC(F)C(F)F)C(=O)N[C@@H](Cc1coc2ccccc12)B(O)O. The molecule has 0 aliphatic carbocycles. The molecule has 222 valence electrons. The van der Waals surface area contributed by atoms with Crippen molar-refractivity contribution in [3.8, 4) is 6.07 Å². The monoisotopic (exact) mass is 578 g/mol. The first-order chi connectivity index (χ1) is 19.5. The maximum Gasteiger partial charge on any atom is 0.475 e. The molecule has 2 aromatic rings. The summed E-state index contributed by atoms with van der Waals surface area (Å²) in [6.45, 7) is 3.43. The number of allylic oxidation sites excluding steroid dienone is 1. The van der Waals surface area contributed by atoms with Crippen LogP contribution in [0.15, 0.2) is 46.6 Å². The van der Waals surface area contributed by atoms with Crippen molar-refractivity contribution in [2.75, 3.05) is 19.8 Å². The molecule has 41 heavy (non-hydrogen) atoms. The zero-order valence-corrected chi connectivity index (χ0v) is 22.8. The van der Waals surface area contributed by atoms with E-state index in [1.54, 1.807) is 30.3 Å². The number of halogens is 3. The first kappa shape index (κ1) is 32.1. The average Bonchev–Trinajstić information content (AvgIpc) is 3.57. The number of alkyl halides is 3. The summed E-state index contributed by atoms with van der Waals surface area (Å²) in [6.07, 6.45) is -2.19. The molecule has 0 bridgehead atoms. The number of ether oxygens (including phenoxy) is 1. The Hall–Kier alpha value is -3.38. The van der Waals surface area contributed by atoms with Crippen molar-refractivity contribution in [3.63, 3.8) is 0 Å². The highest BCUT2D eigenvalue weighted by Gasteiger charge is 2.34. The molecule has 0 spiro atoms. The number of amides is 2. The quantitative estimate of drug-likeness (QED) is 0.115. The topological polar surface area (TPSA) is 148 Å². The lowest BCUT2D eigenvalue weighted by molar-refractivity contribution is -0.130. The fraction of sp³-hybridized carbons (Fsp3) is 0.519. The Kier molecular flexibility index (Phi) is 11.8. The maximum absolute atomic E-state index is 13.9. The molecule has 2 heterocycles. The Morgan fingerprint density at radius 1 is 1.29 bits per heavy atom. The molecule has 0 saturated carbocycles. The van der Waals surface area contributed by atoms with Crippen LogP contribution in [-0.2, 0) is 20.7 Å². The largest absolute Gasteiger partial charge is 0.475 e. The van der Waals surface area contributed by atoms with Gasteiger partial charge >= 0.3 is 7.12 Å². The van der Waals surface area contributed by atoms with Crippen LogP contribution in [-0.4, -0.2) is 84.4 Å². The molecular weight excluding hydrogens is 544 g/mol. The first-order valence-electron chi connectivity index (χ1n) is 13.3. The molecule has 1 aliphatic heterocycles. The Morgan fingerprint density at radius 2 is 2.02 bits per heavy atom. The van der Waals surface area contributed by atoms with Gasteiger partial charge in [-0.25, -0.2) is 13.2 Å². The molecule has 0 radical (unpaired) electrons. The molecule has 2 amide bonds. The number of furan rings is 1. The number of rotatable bonds is 14. The van der Waals surface area contributed by atoms with Gasteiger partial charge in [0.2, 0.25) is 12.2 Å². The highest BCUT2D eigenvalue weighted by molar-refractivity contribution is 6.43. The second-order valence-electron chi connectivity index (χ2n) is 10.2. The molecule has 1 aromatic heterocycles. The van der Waals surface area contributed by atoms with Crippen LogP contribution in [0.25, 0.3) is 11.0 Å². The van der Waals surface area contributed by atoms with Crippen molar-refractivity contribution in [1.29, 1.82) is 5.26 Å². The van der Waals surface area contributed by atoms with Gasteiger partial charge in [-0.1, -0.05) is 38.1 Å². The van der Waals surface area contributed by atoms with Gasteiger partial charge in [0.25, 0.3) is 12.3 Å². The number of nitriles is 1. The summed E-state index contributed by atoms with van der Waals surface area (Å²) in [5.74, 6) is -2.75. The van der Waals surface area contributed by atoms with Crippen LogP contribution in [0.2, 0.25) is 0 Å². The summed E-state index contributed by atoms with van der Waals surface area (Å²) in [5, 5.41) is 34.1. The summed E-state index contributed by atoms with van der Waals surface area (Å²) >= 11 is 0. The van der Waals surface area contributed by atoms with E-state index in [0.717, 1.165) is 0 Å². The molecule has 1 aliphatic rings. The van der Waals surface area contributed by atoms with Gasteiger partial charge in [-0.3, -0.25) is 14.9 Å². The number of para-hydroxylation sites is 1. The van der Waals surface area contributed by atoms with Gasteiger partial charge in [0.1, 0.15) is 23.3 Å². The predicted molar refractivity (Wildman–Crippen MR) is 144 cm³/mol. The Morgan fingerprint density at radius 3 is 2.68 bits per heavy atom. The van der Waals surface area contributed by atoms with Gasteiger partial charge in [-0.05, 0) is 36.8 Å². The van der Waals surface area contributed by atoms with E-state index in [4.69, 9.17) is 9.15 Å². The molecule has 1 saturated heterocycles. The van der Waals surface area contributed by atoms with Crippen LogP contribution in [0.4, 0.5) is 13.2 Å². The molecule has 14 heteroatoms. The van der Waals surface area contributed by atoms with Gasteiger partial charge in [0.05, 0.1) is 31.5 Å². The number of carbonyl (C=O) groups is 2. The Labute approximate surface area is 236 Å². The zero-order chi connectivity index (χ0) is 30.1. The van der Waals surface area contributed by atoms with Crippen LogP contribution in [0.3, 0.4) is 0 Å². The van der Waals surface area contributed by atoms with E-state index < -0.39 is 56.3 Å². The van der Waals surface area contributed by atoms with Crippen LogP contribution >= 0.6 is 0 Å². The third kappa shape index (κ3) is 8.80. The molecule has 4 N–H and O–H groups in total. The lowest BCUT2D eigenvalue weighted by Gasteiger charge is -2.27. The minimum Gasteiger partial charge on any atom is -0.464 e. The van der Waals surface area contributed by atoms with Crippen molar-refractivity contribution in [2.24, 2.45) is 5.92 Å². The van der Waals surface area contributed by atoms with E-state index in [2.05, 4.69) is 5.32 Å². The lowest BCUT2D eigenvalue weighted by atomic mass is 9.75. The summed E-state index contributed by atoms with van der Waals surface area (Å²) in [6, 6.07) is 6.83. The summed E-state index contributed by atoms with van der Waals surface area (Å²) in [5.41, 5.74) is 1.11. The highest BCUT2D eigenvalue weighted by atomic mass is 19.3. The number of benzene rings is 1. The summed E-state index contributed by atoms with van der Waals surface area (Å²) < 4.78 is 50.9. The van der Waals surface area contributed by atoms with Crippen molar-refractivity contribution in [3.05, 3.63) is 47.7 Å². The lowest BCUT2D eigenvalue weighted by Crippen LogP contribution is -2.57. The van der Waals surface area contributed by atoms with Gasteiger partial charge in [-0.15, -0.1) is 0 Å². The molecule has 4 atom stereocenters. The standard InChI is InChI=1S/C27H34BF3N4O6/c1-16(2)10-17(12-32)27(37)35-9-5-6-19(35)14-40-15-21(33-25(31)24(29)30)26(36)34-23(28(38)39)11-18-13-41-22-8-4-3-7-20(18)22/h3-4,7-8,10,13,16,19,21,23-25,33,38-39H,5-6,9,11,14-15H2,1-2H3,(H,34,36)/t19?,21?,23-,25?/m0/s1. The predicted octanol–water partition coefficient (Wildman–Crippen LogP) is 2.10. The first-order valence-corrected chi connectivity index (χ1v) is 13.3. The average molecular weight is 578 g/mol. The molecule has 3 rings (SSSR count). The smallest absolute Gasteiger partial charge is 0.464 e. The van der Waals surface area contributed by atoms with E-state index in [1.807, 2.05) is 25.2 Å². The number of nitrogens with zero attached hydrogens (tertiary/aromatic N) is 2. The van der Waals surface area contributed by atoms with Gasteiger partial charge in [0, 0.05) is 11.9 Å². The molecule has 1 aromatic carbocycles.